The number of amides is 2. The van der Waals surface area contributed by atoms with Crippen molar-refractivity contribution in [3.05, 3.63) is 29.3 Å². The highest BCUT2D eigenvalue weighted by Gasteiger charge is 2.47. The summed E-state index contributed by atoms with van der Waals surface area (Å²) in [5.41, 5.74) is 2.73. The number of rotatable bonds is 3. The molecule has 6 heteroatoms. The maximum absolute atomic E-state index is 12.9. The van der Waals surface area contributed by atoms with Gasteiger partial charge in [0.25, 0.3) is 5.91 Å². The van der Waals surface area contributed by atoms with Gasteiger partial charge in [0.2, 0.25) is 5.91 Å². The summed E-state index contributed by atoms with van der Waals surface area (Å²) in [6.45, 7) is 5.35. The molecule has 2 amide bonds. The number of ether oxygens (including phenoxy) is 1. The number of hydrogen-bond donors (Lipinski definition) is 1. The van der Waals surface area contributed by atoms with Gasteiger partial charge in [-0.3, -0.25) is 14.4 Å². The molecule has 2 fully saturated rings. The molecule has 2 heterocycles. The lowest BCUT2D eigenvalue weighted by Crippen LogP contribution is -3.17. The zero-order valence-corrected chi connectivity index (χ0v) is 15.0. The lowest BCUT2D eigenvalue weighted by atomic mass is 9.95. The van der Waals surface area contributed by atoms with Gasteiger partial charge in [0.05, 0.1) is 38.2 Å². The standard InChI is InChI=1S/C19H24N2O4/c1-12-8-13(2)10-15(9-12)21-17(22)11-16(18(21)23)20-6-4-14(5-7-20)19(24)25-3/h8-10,14,16H,4-7,11H2,1-3H3/p+1/t16-/m0/s1. The van der Waals surface area contributed by atoms with Gasteiger partial charge in [-0.25, -0.2) is 4.90 Å². The van der Waals surface area contributed by atoms with Gasteiger partial charge in [-0.15, -0.1) is 0 Å². The summed E-state index contributed by atoms with van der Waals surface area (Å²) >= 11 is 0. The Bertz CT molecular complexity index is 687. The summed E-state index contributed by atoms with van der Waals surface area (Å²) in [5.74, 6) is -0.523. The van der Waals surface area contributed by atoms with Crippen LogP contribution in [0.3, 0.4) is 0 Å². The van der Waals surface area contributed by atoms with Gasteiger partial charge >= 0.3 is 5.97 Å². The lowest BCUT2D eigenvalue weighted by Gasteiger charge is -2.30. The predicted molar refractivity (Wildman–Crippen MR) is 92.3 cm³/mol. The van der Waals surface area contributed by atoms with E-state index in [1.165, 1.54) is 12.0 Å². The fraction of sp³-hybridized carbons (Fsp3) is 0.526. The third-order valence-electron chi connectivity index (χ3n) is 5.27. The molecule has 3 rings (SSSR count). The van der Waals surface area contributed by atoms with Gasteiger partial charge in [0, 0.05) is 12.8 Å². The third-order valence-corrected chi connectivity index (χ3v) is 5.27. The highest BCUT2D eigenvalue weighted by Crippen LogP contribution is 2.25. The maximum Gasteiger partial charge on any atom is 0.309 e. The molecule has 6 nitrogen and oxygen atoms in total. The molecule has 25 heavy (non-hydrogen) atoms. The topological polar surface area (TPSA) is 68.1 Å². The van der Waals surface area contributed by atoms with Crippen LogP contribution in [0.1, 0.15) is 30.4 Å². The summed E-state index contributed by atoms with van der Waals surface area (Å²) in [4.78, 5) is 39.5. The fourth-order valence-electron chi connectivity index (χ4n) is 4.04. The van der Waals surface area contributed by atoms with E-state index in [0.29, 0.717) is 31.6 Å². The quantitative estimate of drug-likeness (QED) is 0.636. The van der Waals surface area contributed by atoms with Gasteiger partial charge in [-0.05, 0) is 37.1 Å². The smallest absolute Gasteiger partial charge is 0.309 e. The van der Waals surface area contributed by atoms with E-state index in [1.807, 2.05) is 32.0 Å². The number of aryl methyl sites for hydroxylation is 2. The third kappa shape index (κ3) is 3.44. The zero-order valence-electron chi connectivity index (χ0n) is 15.0. The van der Waals surface area contributed by atoms with E-state index in [4.69, 9.17) is 4.74 Å². The number of benzene rings is 1. The number of likely N-dealkylation sites (tertiary alicyclic amines) is 1. The molecule has 0 radical (unpaired) electrons. The van der Waals surface area contributed by atoms with Gasteiger partial charge in [0.15, 0.2) is 6.04 Å². The zero-order chi connectivity index (χ0) is 18.1. The summed E-state index contributed by atoms with van der Waals surface area (Å²) < 4.78 is 4.81. The van der Waals surface area contributed by atoms with Crippen LogP contribution >= 0.6 is 0 Å². The molecule has 0 bridgehead atoms. The number of hydrogen-bond acceptors (Lipinski definition) is 4. The van der Waals surface area contributed by atoms with Crippen molar-refractivity contribution >= 4 is 23.5 Å². The van der Waals surface area contributed by atoms with Crippen molar-refractivity contribution in [2.75, 3.05) is 25.1 Å². The Labute approximate surface area is 147 Å². The van der Waals surface area contributed by atoms with Crippen LogP contribution < -0.4 is 9.80 Å². The van der Waals surface area contributed by atoms with E-state index in [1.54, 1.807) is 0 Å². The van der Waals surface area contributed by atoms with Crippen LogP contribution in [0.5, 0.6) is 0 Å². The Morgan fingerprint density at radius 2 is 1.72 bits per heavy atom. The van der Waals surface area contributed by atoms with Gasteiger partial charge in [-0.1, -0.05) is 6.07 Å². The van der Waals surface area contributed by atoms with E-state index < -0.39 is 0 Å². The Morgan fingerprint density at radius 3 is 2.28 bits per heavy atom. The molecule has 1 aromatic carbocycles. The lowest BCUT2D eigenvalue weighted by molar-refractivity contribution is -0.920. The van der Waals surface area contributed by atoms with Crippen LogP contribution in [0.4, 0.5) is 5.69 Å². The Balaban J connectivity index is 1.73. The van der Waals surface area contributed by atoms with E-state index in [-0.39, 0.29) is 36.2 Å². The Hall–Kier alpha value is -2.21. The van der Waals surface area contributed by atoms with Crippen LogP contribution in [0, 0.1) is 19.8 Å². The van der Waals surface area contributed by atoms with E-state index in [9.17, 15) is 14.4 Å². The first-order chi connectivity index (χ1) is 11.9. The first-order valence-corrected chi connectivity index (χ1v) is 8.78. The molecule has 0 aliphatic carbocycles. The van der Waals surface area contributed by atoms with Gasteiger partial charge in [-0.2, -0.15) is 0 Å². The van der Waals surface area contributed by atoms with Crippen LogP contribution in [-0.4, -0.2) is 44.0 Å². The number of imide groups is 1. The number of esters is 1. The molecule has 0 unspecified atom stereocenters. The molecule has 0 spiro atoms. The maximum atomic E-state index is 12.9. The van der Waals surface area contributed by atoms with E-state index in [2.05, 4.69) is 0 Å². The second-order valence-electron chi connectivity index (χ2n) is 7.13. The second-order valence-corrected chi connectivity index (χ2v) is 7.13. The number of carbonyl (C=O) groups is 3. The summed E-state index contributed by atoms with van der Waals surface area (Å²) in [5, 5.41) is 0. The monoisotopic (exact) mass is 345 g/mol. The SMILES string of the molecule is COC(=O)C1CC[NH+]([C@H]2CC(=O)N(c3cc(C)cc(C)c3)C2=O)CC1. The van der Waals surface area contributed by atoms with Crippen molar-refractivity contribution in [3.63, 3.8) is 0 Å². The van der Waals surface area contributed by atoms with Crippen molar-refractivity contribution in [1.29, 1.82) is 0 Å². The minimum absolute atomic E-state index is 0.0866. The van der Waals surface area contributed by atoms with E-state index >= 15 is 0 Å². The summed E-state index contributed by atoms with van der Waals surface area (Å²) in [6, 6.07) is 5.44. The summed E-state index contributed by atoms with van der Waals surface area (Å²) in [7, 11) is 1.41. The molecule has 2 aliphatic heterocycles. The van der Waals surface area contributed by atoms with Crippen molar-refractivity contribution in [2.24, 2.45) is 5.92 Å². The predicted octanol–water partition coefficient (Wildman–Crippen LogP) is 0.403. The molecule has 1 atom stereocenters. The van der Waals surface area contributed by atoms with Gasteiger partial charge in [0.1, 0.15) is 0 Å². The first kappa shape index (κ1) is 17.6. The molecule has 0 saturated carbocycles. The van der Waals surface area contributed by atoms with Crippen molar-refractivity contribution in [3.8, 4) is 0 Å². The van der Waals surface area contributed by atoms with Crippen LogP contribution in [-0.2, 0) is 19.1 Å². The fourth-order valence-corrected chi connectivity index (χ4v) is 4.04. The minimum Gasteiger partial charge on any atom is -0.469 e. The highest BCUT2D eigenvalue weighted by molar-refractivity contribution is 6.21. The van der Waals surface area contributed by atoms with Crippen LogP contribution in [0.15, 0.2) is 18.2 Å². The van der Waals surface area contributed by atoms with Gasteiger partial charge < -0.3 is 9.64 Å². The number of piperidine rings is 1. The molecule has 1 aromatic rings. The molecular weight excluding hydrogens is 320 g/mol. The average molecular weight is 345 g/mol. The minimum atomic E-state index is -0.341. The van der Waals surface area contributed by atoms with E-state index in [0.717, 1.165) is 16.0 Å². The molecule has 0 aromatic heterocycles. The average Bonchev–Trinajstić information content (AvgIpc) is 2.88. The molecule has 2 aliphatic rings. The largest absolute Gasteiger partial charge is 0.469 e. The number of methoxy groups -OCH3 is 1. The second kappa shape index (κ2) is 6.96. The Morgan fingerprint density at radius 1 is 1.12 bits per heavy atom. The number of nitrogens with one attached hydrogen (secondary N) is 1. The molecule has 134 valence electrons. The Kier molecular flexibility index (Phi) is 4.90. The normalized spacial score (nSPS) is 26.8. The summed E-state index contributed by atoms with van der Waals surface area (Å²) in [6.07, 6.45) is 1.64. The number of carbonyl (C=O) groups excluding carboxylic acids is 3. The highest BCUT2D eigenvalue weighted by atomic mass is 16.5. The molecule has 1 N–H and O–H groups in total. The number of nitrogens with zero attached hydrogens (tertiary/aromatic N) is 1. The van der Waals surface area contributed by atoms with Crippen molar-refractivity contribution in [1.82, 2.24) is 0 Å². The molecule has 2 saturated heterocycles. The number of quaternary nitrogens is 1. The van der Waals surface area contributed by atoms with Crippen molar-refractivity contribution < 1.29 is 24.0 Å². The number of anilines is 1. The van der Waals surface area contributed by atoms with Crippen molar-refractivity contribution in [2.45, 2.75) is 39.2 Å². The molecular formula is C19H25N2O4+. The van der Waals surface area contributed by atoms with Crippen LogP contribution in [0.25, 0.3) is 0 Å². The first-order valence-electron chi connectivity index (χ1n) is 8.78. The van der Waals surface area contributed by atoms with Crippen LogP contribution in [0.2, 0.25) is 0 Å².